The molecule has 1 fully saturated rings. The summed E-state index contributed by atoms with van der Waals surface area (Å²) in [5.74, 6) is -0.949. The van der Waals surface area contributed by atoms with Crippen molar-refractivity contribution in [3.05, 3.63) is 75.2 Å². The van der Waals surface area contributed by atoms with Crippen molar-refractivity contribution in [2.24, 2.45) is 5.92 Å². The zero-order valence-corrected chi connectivity index (χ0v) is 24.5. The molecule has 0 aliphatic heterocycles. The maximum absolute atomic E-state index is 13.0. The minimum atomic E-state index is -3.10. The van der Waals surface area contributed by atoms with E-state index in [1.807, 2.05) is 0 Å². The summed E-state index contributed by atoms with van der Waals surface area (Å²) in [5.41, 5.74) is 0.578. The average Bonchev–Trinajstić information content (AvgIpc) is 3.78. The Hall–Kier alpha value is -4.03. The van der Waals surface area contributed by atoms with Crippen molar-refractivity contribution in [2.75, 3.05) is 20.8 Å². The Morgan fingerprint density at radius 2 is 1.63 bits per heavy atom. The summed E-state index contributed by atoms with van der Waals surface area (Å²) in [7, 11) is 2.86. The van der Waals surface area contributed by atoms with Crippen molar-refractivity contribution in [3.8, 4) is 28.7 Å². The highest BCUT2D eigenvalue weighted by molar-refractivity contribution is 6.35. The molecule has 1 saturated carbocycles. The summed E-state index contributed by atoms with van der Waals surface area (Å²) in [6.45, 7) is -2.81. The molecule has 4 rings (SSSR count). The van der Waals surface area contributed by atoms with Gasteiger partial charge in [0.2, 0.25) is 0 Å². The van der Waals surface area contributed by atoms with Crippen molar-refractivity contribution in [3.63, 3.8) is 0 Å². The van der Waals surface area contributed by atoms with Crippen molar-refractivity contribution < 1.29 is 51.5 Å². The predicted octanol–water partition coefficient (Wildman–Crippen LogP) is 5.86. The lowest BCUT2D eigenvalue weighted by Crippen LogP contribution is -2.26. The predicted molar refractivity (Wildman–Crippen MR) is 149 cm³/mol. The van der Waals surface area contributed by atoms with Crippen LogP contribution in [0.3, 0.4) is 0 Å². The molecule has 2 aromatic carbocycles. The minimum absolute atomic E-state index is 0.000674. The van der Waals surface area contributed by atoms with E-state index < -0.39 is 31.1 Å². The molecule has 1 atom stereocenters. The van der Waals surface area contributed by atoms with Gasteiger partial charge in [-0.25, -0.2) is 0 Å². The van der Waals surface area contributed by atoms with Gasteiger partial charge in [-0.05, 0) is 48.6 Å². The number of halogens is 4. The lowest BCUT2D eigenvalue weighted by Gasteiger charge is -2.21. The Balaban J connectivity index is 1.57. The number of pyridine rings is 1. The van der Waals surface area contributed by atoms with Gasteiger partial charge in [-0.1, -0.05) is 29.3 Å². The number of alkyl halides is 2. The fraction of sp³-hybridized carbons (Fsp3) is 0.345. The standard InChI is InChI=1S/C29H27Cl2F2NO9/c1-38-22-8-6-18(10-25(22)39-2)41-27(35)12-28(36)42-24(11-19-20(30)13-34(37)14-21(19)31)17-5-7-23(43-29(32)33)26(9-17)40-15-16-3-4-16/h5-10,13-14,16,24,29H,3-4,11-12,15H2,1-2H3. The van der Waals surface area contributed by atoms with E-state index in [0.717, 1.165) is 25.2 Å². The fourth-order valence-electron chi connectivity index (χ4n) is 4.03. The van der Waals surface area contributed by atoms with Gasteiger partial charge in [0.25, 0.3) is 0 Å². The van der Waals surface area contributed by atoms with E-state index in [-0.39, 0.29) is 45.9 Å². The molecule has 43 heavy (non-hydrogen) atoms. The average molecular weight is 642 g/mol. The Labute approximate surface area is 255 Å². The molecule has 3 aromatic rings. The quantitative estimate of drug-likeness (QED) is 0.0701. The number of hydrogen-bond acceptors (Lipinski definition) is 9. The topological polar surface area (TPSA) is 116 Å². The first-order chi connectivity index (χ1) is 20.6. The smallest absolute Gasteiger partial charge is 0.387 e. The van der Waals surface area contributed by atoms with E-state index >= 15 is 0 Å². The van der Waals surface area contributed by atoms with Gasteiger partial charge in [-0.15, -0.1) is 0 Å². The van der Waals surface area contributed by atoms with Crippen LogP contribution in [0.1, 0.15) is 36.5 Å². The second-order valence-corrected chi connectivity index (χ2v) is 10.3. The monoisotopic (exact) mass is 641 g/mol. The second-order valence-electron chi connectivity index (χ2n) is 9.48. The summed E-state index contributed by atoms with van der Waals surface area (Å²) in [5, 5.41) is 11.7. The summed E-state index contributed by atoms with van der Waals surface area (Å²) < 4.78 is 58.1. The maximum Gasteiger partial charge on any atom is 0.387 e. The van der Waals surface area contributed by atoms with Crippen LogP contribution in [0.4, 0.5) is 8.78 Å². The number of benzene rings is 2. The summed E-state index contributed by atoms with van der Waals surface area (Å²) in [4.78, 5) is 25.5. The van der Waals surface area contributed by atoms with Gasteiger partial charge in [-0.3, -0.25) is 9.59 Å². The molecule has 0 bridgehead atoms. The molecular weight excluding hydrogens is 615 g/mol. The highest BCUT2D eigenvalue weighted by Crippen LogP contribution is 2.38. The first-order valence-corrected chi connectivity index (χ1v) is 13.7. The number of hydrogen-bond donors (Lipinski definition) is 0. The SMILES string of the molecule is COc1ccc(OC(=O)CC(=O)OC(Cc2c(Cl)c[n+]([O-])cc2Cl)c2ccc(OC(F)F)c(OCC3CC3)c2)cc1OC. The van der Waals surface area contributed by atoms with Crippen LogP contribution in [0.5, 0.6) is 28.7 Å². The molecule has 14 heteroatoms. The second kappa shape index (κ2) is 14.4. The molecule has 230 valence electrons. The number of esters is 2. The molecule has 0 saturated heterocycles. The highest BCUT2D eigenvalue weighted by atomic mass is 35.5. The van der Waals surface area contributed by atoms with E-state index in [2.05, 4.69) is 4.74 Å². The molecule has 0 radical (unpaired) electrons. The molecule has 0 spiro atoms. The van der Waals surface area contributed by atoms with Crippen LogP contribution in [-0.4, -0.2) is 39.4 Å². The van der Waals surface area contributed by atoms with Gasteiger partial charge >= 0.3 is 18.6 Å². The zero-order chi connectivity index (χ0) is 31.1. The van der Waals surface area contributed by atoms with E-state index in [0.29, 0.717) is 27.7 Å². The molecular formula is C29H27Cl2F2NO9. The molecule has 1 aromatic heterocycles. The summed E-state index contributed by atoms with van der Waals surface area (Å²) >= 11 is 12.5. The van der Waals surface area contributed by atoms with Gasteiger partial charge in [0, 0.05) is 18.1 Å². The van der Waals surface area contributed by atoms with E-state index in [9.17, 15) is 23.6 Å². The van der Waals surface area contributed by atoms with Gasteiger partial charge in [-0.2, -0.15) is 13.5 Å². The van der Waals surface area contributed by atoms with Crippen LogP contribution in [0.15, 0.2) is 48.8 Å². The Morgan fingerprint density at radius 1 is 0.953 bits per heavy atom. The number of carbonyl (C=O) groups is 2. The fourth-order valence-corrected chi connectivity index (χ4v) is 4.63. The van der Waals surface area contributed by atoms with E-state index in [4.69, 9.17) is 46.9 Å². The van der Waals surface area contributed by atoms with Crippen molar-refractivity contribution in [1.82, 2.24) is 0 Å². The highest BCUT2D eigenvalue weighted by Gasteiger charge is 2.27. The van der Waals surface area contributed by atoms with E-state index in [1.165, 1.54) is 50.6 Å². The minimum Gasteiger partial charge on any atom is -0.619 e. The third-order valence-electron chi connectivity index (χ3n) is 6.32. The van der Waals surface area contributed by atoms with Gasteiger partial charge in [0.1, 0.15) is 28.3 Å². The van der Waals surface area contributed by atoms with Crippen LogP contribution in [0.2, 0.25) is 10.0 Å². The molecule has 1 aliphatic rings. The van der Waals surface area contributed by atoms with Crippen LogP contribution in [-0.2, 0) is 20.7 Å². The summed E-state index contributed by atoms with van der Waals surface area (Å²) in [6.07, 6.45) is 2.01. The van der Waals surface area contributed by atoms with Crippen LogP contribution >= 0.6 is 23.2 Å². The van der Waals surface area contributed by atoms with Gasteiger partial charge in [0.05, 0.1) is 20.8 Å². The largest absolute Gasteiger partial charge is 0.619 e. The van der Waals surface area contributed by atoms with Crippen molar-refractivity contribution in [2.45, 2.75) is 38.4 Å². The molecule has 0 N–H and O–H groups in total. The Morgan fingerprint density at radius 3 is 2.26 bits per heavy atom. The number of aromatic nitrogens is 1. The number of ether oxygens (including phenoxy) is 6. The third kappa shape index (κ3) is 8.98. The zero-order valence-electron chi connectivity index (χ0n) is 23.0. The first-order valence-electron chi connectivity index (χ1n) is 13.0. The molecule has 0 amide bonds. The first kappa shape index (κ1) is 31.9. The maximum atomic E-state index is 13.0. The lowest BCUT2D eigenvalue weighted by molar-refractivity contribution is -0.605. The lowest BCUT2D eigenvalue weighted by atomic mass is 10.0. The van der Waals surface area contributed by atoms with Crippen molar-refractivity contribution >= 4 is 35.1 Å². The van der Waals surface area contributed by atoms with Crippen LogP contribution in [0.25, 0.3) is 0 Å². The van der Waals surface area contributed by atoms with Crippen LogP contribution < -0.4 is 28.4 Å². The van der Waals surface area contributed by atoms with Gasteiger partial charge in [0.15, 0.2) is 35.4 Å². The normalized spacial score (nSPS) is 13.3. The number of carbonyl (C=O) groups excluding carboxylic acids is 2. The Kier molecular flexibility index (Phi) is 10.7. The molecule has 1 unspecified atom stereocenters. The van der Waals surface area contributed by atoms with Crippen molar-refractivity contribution in [1.29, 1.82) is 0 Å². The van der Waals surface area contributed by atoms with E-state index in [1.54, 1.807) is 0 Å². The summed E-state index contributed by atoms with van der Waals surface area (Å²) in [6, 6.07) is 8.47. The number of methoxy groups -OCH3 is 2. The molecule has 1 heterocycles. The Bertz CT molecular complexity index is 1450. The molecule has 1 aliphatic carbocycles. The molecule has 10 nitrogen and oxygen atoms in total. The number of nitrogens with zero attached hydrogens (tertiary/aromatic N) is 1. The van der Waals surface area contributed by atoms with Crippen LogP contribution in [0, 0.1) is 11.1 Å². The van der Waals surface area contributed by atoms with Gasteiger partial charge < -0.3 is 33.6 Å². The number of rotatable bonds is 14. The third-order valence-corrected chi connectivity index (χ3v) is 6.97.